The average Bonchev–Trinajstić information content (AvgIpc) is 3.51. The summed E-state index contributed by atoms with van der Waals surface area (Å²) < 4.78 is 38.7. The third-order valence-corrected chi connectivity index (χ3v) is 7.88. The lowest BCUT2D eigenvalue weighted by atomic mass is 9.99. The van der Waals surface area contributed by atoms with Crippen LogP contribution in [0.1, 0.15) is 52.4 Å². The van der Waals surface area contributed by atoms with Gasteiger partial charge in [-0.25, -0.2) is 13.1 Å². The van der Waals surface area contributed by atoms with Crippen molar-refractivity contribution >= 4 is 21.8 Å². The summed E-state index contributed by atoms with van der Waals surface area (Å²) in [4.78, 5) is 28.1. The van der Waals surface area contributed by atoms with E-state index in [1.165, 1.54) is 24.1 Å². The number of amides is 2. The number of hydrogen-bond acceptors (Lipinski definition) is 6. The van der Waals surface area contributed by atoms with Gasteiger partial charge in [0.15, 0.2) is 0 Å². The Labute approximate surface area is 202 Å². The van der Waals surface area contributed by atoms with Crippen LogP contribution in [-0.4, -0.2) is 70.1 Å². The van der Waals surface area contributed by atoms with Crippen molar-refractivity contribution < 1.29 is 27.5 Å². The standard InChI is InChI=1S/C24H37N3O6S/c1-17(2)23(24(29)26-18-7-4-5-8-18)27(16-20-9-6-14-33-20)22(28)15-25-34(30,31)21-12-10-19(32-3)11-13-21/h10-13,17-18,20,23,25H,4-9,14-16H2,1-3H3,(H,26,29)/t20-,23+/m0/s1. The maximum atomic E-state index is 13.3. The normalized spacial score (nSPS) is 19.8. The van der Waals surface area contributed by atoms with Crippen molar-refractivity contribution in [2.24, 2.45) is 5.92 Å². The molecule has 1 saturated carbocycles. The lowest BCUT2D eigenvalue weighted by molar-refractivity contribution is -0.143. The molecule has 1 saturated heterocycles. The number of sulfonamides is 1. The van der Waals surface area contributed by atoms with Crippen molar-refractivity contribution in [3.8, 4) is 5.75 Å². The van der Waals surface area contributed by atoms with Crippen molar-refractivity contribution in [1.82, 2.24) is 14.9 Å². The predicted octanol–water partition coefficient (Wildman–Crippen LogP) is 2.06. The average molecular weight is 496 g/mol. The van der Waals surface area contributed by atoms with Gasteiger partial charge in [0.25, 0.3) is 0 Å². The highest BCUT2D eigenvalue weighted by Gasteiger charge is 2.36. The van der Waals surface area contributed by atoms with Gasteiger partial charge in [-0.05, 0) is 55.9 Å². The van der Waals surface area contributed by atoms with E-state index in [0.717, 1.165) is 38.5 Å². The zero-order valence-electron chi connectivity index (χ0n) is 20.3. The zero-order valence-corrected chi connectivity index (χ0v) is 21.1. The number of benzene rings is 1. The van der Waals surface area contributed by atoms with Crippen molar-refractivity contribution in [3.05, 3.63) is 24.3 Å². The van der Waals surface area contributed by atoms with Crippen molar-refractivity contribution in [2.45, 2.75) is 75.5 Å². The van der Waals surface area contributed by atoms with Crippen molar-refractivity contribution in [2.75, 3.05) is 26.8 Å². The Balaban J connectivity index is 1.74. The Morgan fingerprint density at radius 3 is 2.35 bits per heavy atom. The van der Waals surface area contributed by atoms with Gasteiger partial charge in [-0.15, -0.1) is 0 Å². The van der Waals surface area contributed by atoms with Gasteiger partial charge in [-0.1, -0.05) is 26.7 Å². The van der Waals surface area contributed by atoms with Gasteiger partial charge in [-0.3, -0.25) is 9.59 Å². The summed E-state index contributed by atoms with van der Waals surface area (Å²) >= 11 is 0. The molecular formula is C24H37N3O6S. The van der Waals surface area contributed by atoms with E-state index in [9.17, 15) is 18.0 Å². The van der Waals surface area contributed by atoms with E-state index in [1.54, 1.807) is 12.1 Å². The Morgan fingerprint density at radius 2 is 1.79 bits per heavy atom. The van der Waals surface area contributed by atoms with Crippen LogP contribution >= 0.6 is 0 Å². The summed E-state index contributed by atoms with van der Waals surface area (Å²) in [5.74, 6) is -0.255. The van der Waals surface area contributed by atoms with Crippen LogP contribution in [0.25, 0.3) is 0 Å². The number of carbonyl (C=O) groups is 2. The van der Waals surface area contributed by atoms with E-state index in [2.05, 4.69) is 10.0 Å². The summed E-state index contributed by atoms with van der Waals surface area (Å²) in [6.07, 6.45) is 5.60. The number of nitrogens with zero attached hydrogens (tertiary/aromatic N) is 1. The lowest BCUT2D eigenvalue weighted by Crippen LogP contribution is -2.57. The molecule has 1 aromatic carbocycles. The molecular weight excluding hydrogens is 458 g/mol. The fourth-order valence-electron chi connectivity index (χ4n) is 4.64. The molecule has 0 aromatic heterocycles. The van der Waals surface area contributed by atoms with E-state index in [-0.39, 0.29) is 35.4 Å². The van der Waals surface area contributed by atoms with Crippen LogP contribution in [0.5, 0.6) is 5.75 Å². The fourth-order valence-corrected chi connectivity index (χ4v) is 5.61. The molecule has 9 nitrogen and oxygen atoms in total. The van der Waals surface area contributed by atoms with Crippen LogP contribution in [0.15, 0.2) is 29.2 Å². The molecule has 1 heterocycles. The molecule has 0 bridgehead atoms. The SMILES string of the molecule is COc1ccc(S(=O)(=O)NCC(=O)N(C[C@@H]2CCCO2)[C@@H](C(=O)NC2CCCC2)C(C)C)cc1. The monoisotopic (exact) mass is 495 g/mol. The van der Waals surface area contributed by atoms with Gasteiger partial charge in [0.2, 0.25) is 21.8 Å². The highest BCUT2D eigenvalue weighted by Crippen LogP contribution is 2.22. The van der Waals surface area contributed by atoms with E-state index < -0.39 is 28.5 Å². The Morgan fingerprint density at radius 1 is 1.12 bits per heavy atom. The number of nitrogens with one attached hydrogen (secondary N) is 2. The molecule has 0 spiro atoms. The van der Waals surface area contributed by atoms with Crippen LogP contribution in [0.4, 0.5) is 0 Å². The Bertz CT molecular complexity index is 923. The third-order valence-electron chi connectivity index (χ3n) is 6.47. The highest BCUT2D eigenvalue weighted by molar-refractivity contribution is 7.89. The second-order valence-corrected chi connectivity index (χ2v) is 11.1. The summed E-state index contributed by atoms with van der Waals surface area (Å²) in [5.41, 5.74) is 0. The molecule has 0 radical (unpaired) electrons. The maximum absolute atomic E-state index is 13.3. The first-order valence-corrected chi connectivity index (χ1v) is 13.5. The van der Waals surface area contributed by atoms with Crippen LogP contribution in [0.2, 0.25) is 0 Å². The van der Waals surface area contributed by atoms with Crippen LogP contribution in [0, 0.1) is 5.92 Å². The minimum atomic E-state index is -3.91. The highest BCUT2D eigenvalue weighted by atomic mass is 32.2. The van der Waals surface area contributed by atoms with E-state index in [0.29, 0.717) is 12.4 Å². The zero-order chi connectivity index (χ0) is 24.7. The molecule has 2 N–H and O–H groups in total. The minimum Gasteiger partial charge on any atom is -0.497 e. The quantitative estimate of drug-likeness (QED) is 0.486. The Kier molecular flexibility index (Phi) is 9.32. The minimum absolute atomic E-state index is 0.0335. The first-order chi connectivity index (χ1) is 16.2. The largest absolute Gasteiger partial charge is 0.497 e. The fraction of sp³-hybridized carbons (Fsp3) is 0.667. The van der Waals surface area contributed by atoms with Crippen LogP contribution in [0.3, 0.4) is 0 Å². The second kappa shape index (κ2) is 12.0. The third kappa shape index (κ3) is 6.93. The van der Waals surface area contributed by atoms with Crippen LogP contribution < -0.4 is 14.8 Å². The number of methoxy groups -OCH3 is 1. The van der Waals surface area contributed by atoms with Gasteiger partial charge in [0.05, 0.1) is 24.7 Å². The molecule has 1 aromatic rings. The molecule has 34 heavy (non-hydrogen) atoms. The number of hydrogen-bond donors (Lipinski definition) is 2. The molecule has 2 aliphatic rings. The molecule has 3 rings (SSSR count). The van der Waals surface area contributed by atoms with E-state index in [1.807, 2.05) is 13.8 Å². The molecule has 1 aliphatic heterocycles. The summed E-state index contributed by atoms with van der Waals surface area (Å²) in [7, 11) is -2.41. The van der Waals surface area contributed by atoms with Gasteiger partial charge < -0.3 is 19.7 Å². The number of ether oxygens (including phenoxy) is 2. The van der Waals surface area contributed by atoms with Crippen molar-refractivity contribution in [1.29, 1.82) is 0 Å². The van der Waals surface area contributed by atoms with Crippen LogP contribution in [-0.2, 0) is 24.3 Å². The molecule has 2 fully saturated rings. The van der Waals surface area contributed by atoms with Gasteiger partial charge >= 0.3 is 0 Å². The molecule has 10 heteroatoms. The molecule has 2 amide bonds. The van der Waals surface area contributed by atoms with Gasteiger partial charge in [0, 0.05) is 19.2 Å². The Hall–Kier alpha value is -2.17. The molecule has 1 aliphatic carbocycles. The lowest BCUT2D eigenvalue weighted by Gasteiger charge is -2.35. The molecule has 2 atom stereocenters. The summed E-state index contributed by atoms with van der Waals surface area (Å²) in [6, 6.07) is 5.35. The number of rotatable bonds is 11. The summed E-state index contributed by atoms with van der Waals surface area (Å²) in [6.45, 7) is 4.23. The number of carbonyl (C=O) groups excluding carboxylic acids is 2. The first kappa shape index (κ1) is 26.4. The first-order valence-electron chi connectivity index (χ1n) is 12.1. The smallest absolute Gasteiger partial charge is 0.243 e. The van der Waals surface area contributed by atoms with Crippen molar-refractivity contribution in [3.63, 3.8) is 0 Å². The maximum Gasteiger partial charge on any atom is 0.243 e. The van der Waals surface area contributed by atoms with Gasteiger partial charge in [0.1, 0.15) is 11.8 Å². The molecule has 0 unspecified atom stereocenters. The predicted molar refractivity (Wildman–Crippen MR) is 128 cm³/mol. The molecule has 190 valence electrons. The second-order valence-electron chi connectivity index (χ2n) is 9.36. The van der Waals surface area contributed by atoms with Gasteiger partial charge in [-0.2, -0.15) is 0 Å². The summed E-state index contributed by atoms with van der Waals surface area (Å²) in [5, 5.41) is 3.11. The topological polar surface area (TPSA) is 114 Å². The van der Waals surface area contributed by atoms with E-state index in [4.69, 9.17) is 9.47 Å². The van der Waals surface area contributed by atoms with E-state index >= 15 is 0 Å².